The lowest BCUT2D eigenvalue weighted by Gasteiger charge is -1.98. The molecule has 0 radical (unpaired) electrons. The van der Waals surface area contributed by atoms with E-state index in [4.69, 9.17) is 21.7 Å². The highest BCUT2D eigenvalue weighted by atomic mass is 35.5. The van der Waals surface area contributed by atoms with Crippen LogP contribution in [0.1, 0.15) is 12.0 Å². The molecule has 1 aromatic rings. The number of nitriles is 1. The Morgan fingerprint density at radius 2 is 2.43 bits per heavy atom. The molecule has 0 saturated heterocycles. The topological polar surface area (TPSA) is 45.4 Å². The van der Waals surface area contributed by atoms with Crippen LogP contribution in [0.2, 0.25) is 5.02 Å². The van der Waals surface area contributed by atoms with Crippen molar-refractivity contribution in [3.05, 3.63) is 34.9 Å². The Kier molecular flexibility index (Phi) is 2.38. The maximum atomic E-state index is 8.61. The number of hydrogen-bond donors (Lipinski definition) is 0. The number of halogens is 1. The Morgan fingerprint density at radius 1 is 1.57 bits per heavy atom. The molecule has 2 rings (SSSR count). The van der Waals surface area contributed by atoms with Crippen LogP contribution in [0.5, 0.6) is 0 Å². The van der Waals surface area contributed by atoms with Crippen molar-refractivity contribution >= 4 is 17.3 Å². The highest BCUT2D eigenvalue weighted by Crippen LogP contribution is 2.18. The van der Waals surface area contributed by atoms with Crippen molar-refractivity contribution in [2.75, 3.05) is 0 Å². The van der Waals surface area contributed by atoms with E-state index in [1.807, 2.05) is 24.3 Å². The molecule has 1 heterocycles. The lowest BCUT2D eigenvalue weighted by atomic mass is 10.1. The number of oxime groups is 1. The smallest absolute Gasteiger partial charge is 0.218 e. The molecule has 0 unspecified atom stereocenters. The standard InChI is InChI=1S/C10H7ClN2O/c11-8-3-1-2-7(4-8)10-5-9(6-12)14-13-10/h1-4,9H,5H2/t9-/m0/s1. The second-order valence-electron chi connectivity index (χ2n) is 2.98. The Hall–Kier alpha value is -1.53. The third-order valence-electron chi connectivity index (χ3n) is 1.97. The van der Waals surface area contributed by atoms with Crippen molar-refractivity contribution in [2.45, 2.75) is 12.5 Å². The van der Waals surface area contributed by atoms with E-state index in [1.54, 1.807) is 6.07 Å². The Bertz CT molecular complexity index is 422. The van der Waals surface area contributed by atoms with Gasteiger partial charge < -0.3 is 4.84 Å². The Labute approximate surface area is 86.5 Å². The summed E-state index contributed by atoms with van der Waals surface area (Å²) in [6.07, 6.45) is 0.0700. The first-order chi connectivity index (χ1) is 6.79. The highest BCUT2D eigenvalue weighted by Gasteiger charge is 2.21. The van der Waals surface area contributed by atoms with Gasteiger partial charge in [0.25, 0.3) is 0 Å². The minimum absolute atomic E-state index is 0.455. The van der Waals surface area contributed by atoms with Crippen LogP contribution in [0.4, 0.5) is 0 Å². The SMILES string of the molecule is N#C[C@@H]1CC(c2cccc(Cl)c2)=NO1. The normalized spacial score (nSPS) is 19.7. The van der Waals surface area contributed by atoms with Crippen LogP contribution in [-0.2, 0) is 4.84 Å². The molecule has 1 atom stereocenters. The molecule has 0 aliphatic carbocycles. The monoisotopic (exact) mass is 206 g/mol. The van der Waals surface area contributed by atoms with Gasteiger partial charge in [0.05, 0.1) is 5.71 Å². The van der Waals surface area contributed by atoms with Crippen LogP contribution in [0.3, 0.4) is 0 Å². The Balaban J connectivity index is 2.22. The van der Waals surface area contributed by atoms with Crippen LogP contribution in [0.25, 0.3) is 0 Å². The van der Waals surface area contributed by atoms with Gasteiger partial charge in [-0.15, -0.1) is 0 Å². The zero-order valence-electron chi connectivity index (χ0n) is 7.27. The van der Waals surface area contributed by atoms with Crippen molar-refractivity contribution in [1.29, 1.82) is 5.26 Å². The van der Waals surface area contributed by atoms with Crippen LogP contribution < -0.4 is 0 Å². The summed E-state index contributed by atoms with van der Waals surface area (Å²) in [6.45, 7) is 0. The second kappa shape index (κ2) is 3.69. The molecule has 0 amide bonds. The number of hydrogen-bond acceptors (Lipinski definition) is 3. The summed E-state index contributed by atoms with van der Waals surface area (Å²) in [6, 6.07) is 9.36. The summed E-state index contributed by atoms with van der Waals surface area (Å²) in [4.78, 5) is 4.89. The molecule has 1 aromatic carbocycles. The summed E-state index contributed by atoms with van der Waals surface area (Å²) in [5.74, 6) is 0. The molecule has 0 bridgehead atoms. The molecule has 4 heteroatoms. The van der Waals surface area contributed by atoms with E-state index in [-0.39, 0.29) is 0 Å². The Morgan fingerprint density at radius 3 is 3.07 bits per heavy atom. The average Bonchev–Trinajstić information content (AvgIpc) is 2.66. The predicted octanol–water partition coefficient (Wildman–Crippen LogP) is 2.36. The van der Waals surface area contributed by atoms with Crippen LogP contribution in [0, 0.1) is 11.3 Å². The fourth-order valence-electron chi connectivity index (χ4n) is 1.29. The second-order valence-corrected chi connectivity index (χ2v) is 3.41. The molecule has 1 aliphatic rings. The van der Waals surface area contributed by atoms with Gasteiger partial charge in [-0.2, -0.15) is 5.26 Å². The quantitative estimate of drug-likeness (QED) is 0.708. The van der Waals surface area contributed by atoms with Gasteiger partial charge >= 0.3 is 0 Å². The van der Waals surface area contributed by atoms with Gasteiger partial charge in [0, 0.05) is 17.0 Å². The summed E-state index contributed by atoms with van der Waals surface area (Å²) in [5.41, 5.74) is 1.69. The molecule has 70 valence electrons. The highest BCUT2D eigenvalue weighted by molar-refractivity contribution is 6.31. The third-order valence-corrected chi connectivity index (χ3v) is 2.21. The lowest BCUT2D eigenvalue weighted by molar-refractivity contribution is 0.125. The van der Waals surface area contributed by atoms with E-state index in [2.05, 4.69) is 5.16 Å². The van der Waals surface area contributed by atoms with E-state index in [0.717, 1.165) is 11.3 Å². The molecule has 3 nitrogen and oxygen atoms in total. The van der Waals surface area contributed by atoms with Gasteiger partial charge in [-0.3, -0.25) is 0 Å². The first-order valence-corrected chi connectivity index (χ1v) is 4.55. The van der Waals surface area contributed by atoms with Crippen LogP contribution in [-0.4, -0.2) is 11.8 Å². The van der Waals surface area contributed by atoms with Gasteiger partial charge in [-0.05, 0) is 12.1 Å². The zero-order chi connectivity index (χ0) is 9.97. The van der Waals surface area contributed by atoms with Crippen molar-refractivity contribution < 1.29 is 4.84 Å². The molecule has 14 heavy (non-hydrogen) atoms. The summed E-state index contributed by atoms with van der Waals surface area (Å²) in [5, 5.41) is 13.1. The fraction of sp³-hybridized carbons (Fsp3) is 0.200. The molecule has 0 spiro atoms. The maximum absolute atomic E-state index is 8.61. The fourth-order valence-corrected chi connectivity index (χ4v) is 1.48. The van der Waals surface area contributed by atoms with Crippen molar-refractivity contribution in [2.24, 2.45) is 5.16 Å². The van der Waals surface area contributed by atoms with Gasteiger partial charge in [-0.1, -0.05) is 28.9 Å². The number of benzene rings is 1. The molecular formula is C10H7ClN2O. The van der Waals surface area contributed by atoms with Gasteiger partial charge in [0.1, 0.15) is 6.07 Å². The van der Waals surface area contributed by atoms with E-state index in [1.165, 1.54) is 0 Å². The first kappa shape index (κ1) is 9.04. The van der Waals surface area contributed by atoms with E-state index in [0.29, 0.717) is 11.4 Å². The van der Waals surface area contributed by atoms with E-state index >= 15 is 0 Å². The first-order valence-electron chi connectivity index (χ1n) is 4.18. The minimum atomic E-state index is -0.455. The van der Waals surface area contributed by atoms with Gasteiger partial charge in [0.2, 0.25) is 6.10 Å². The molecule has 0 N–H and O–H groups in total. The van der Waals surface area contributed by atoms with Crippen molar-refractivity contribution in [3.8, 4) is 6.07 Å². The van der Waals surface area contributed by atoms with Crippen molar-refractivity contribution in [3.63, 3.8) is 0 Å². The number of nitrogens with zero attached hydrogens (tertiary/aromatic N) is 2. The van der Waals surface area contributed by atoms with E-state index < -0.39 is 6.10 Å². The zero-order valence-corrected chi connectivity index (χ0v) is 8.03. The molecule has 0 saturated carbocycles. The lowest BCUT2D eigenvalue weighted by Crippen LogP contribution is -2.04. The molecule has 0 aromatic heterocycles. The van der Waals surface area contributed by atoms with E-state index in [9.17, 15) is 0 Å². The predicted molar refractivity (Wildman–Crippen MR) is 53.1 cm³/mol. The summed E-state index contributed by atoms with van der Waals surface area (Å²) < 4.78 is 0. The third kappa shape index (κ3) is 1.70. The average molecular weight is 207 g/mol. The van der Waals surface area contributed by atoms with Gasteiger partial charge in [-0.25, -0.2) is 0 Å². The van der Waals surface area contributed by atoms with Crippen LogP contribution >= 0.6 is 11.6 Å². The summed E-state index contributed by atoms with van der Waals surface area (Å²) in [7, 11) is 0. The molecule has 1 aliphatic heterocycles. The van der Waals surface area contributed by atoms with Gasteiger partial charge in [0.15, 0.2) is 0 Å². The van der Waals surface area contributed by atoms with Crippen LogP contribution in [0.15, 0.2) is 29.4 Å². The molecular weight excluding hydrogens is 200 g/mol. The number of rotatable bonds is 1. The maximum Gasteiger partial charge on any atom is 0.218 e. The minimum Gasteiger partial charge on any atom is -0.376 e. The summed E-state index contributed by atoms with van der Waals surface area (Å²) >= 11 is 5.83. The largest absolute Gasteiger partial charge is 0.376 e. The molecule has 0 fully saturated rings. The van der Waals surface area contributed by atoms with Crippen molar-refractivity contribution in [1.82, 2.24) is 0 Å².